The topological polar surface area (TPSA) is 117 Å². The minimum atomic E-state index is -3.89. The van der Waals surface area contributed by atoms with Crippen molar-refractivity contribution in [1.82, 2.24) is 15.0 Å². The molecule has 1 saturated heterocycles. The van der Waals surface area contributed by atoms with Gasteiger partial charge in [-0.05, 0) is 54.2 Å². The molecule has 0 bridgehead atoms. The molecule has 1 aromatic heterocycles. The number of carbonyl (C=O) groups is 1. The van der Waals surface area contributed by atoms with Gasteiger partial charge in [0.15, 0.2) is 26.7 Å². The molecule has 1 N–H and O–H groups in total. The fourth-order valence-electron chi connectivity index (χ4n) is 3.17. The number of hydroxylamine groups is 1. The Labute approximate surface area is 186 Å². The van der Waals surface area contributed by atoms with Crippen molar-refractivity contribution in [1.29, 1.82) is 0 Å². The number of hydrogen-bond donors (Lipinski definition) is 1. The summed E-state index contributed by atoms with van der Waals surface area (Å²) in [6.07, 6.45) is 3.57. The molecule has 12 heteroatoms. The van der Waals surface area contributed by atoms with Gasteiger partial charge in [-0.3, -0.25) is 14.2 Å². The van der Waals surface area contributed by atoms with Crippen LogP contribution in [0.3, 0.4) is 0 Å². The first-order valence-electron chi connectivity index (χ1n) is 9.65. The van der Waals surface area contributed by atoms with Crippen molar-refractivity contribution in [2.75, 3.05) is 12.9 Å². The lowest BCUT2D eigenvalue weighted by molar-refractivity contribution is -0.201. The molecule has 3 rings (SSSR count). The lowest BCUT2D eigenvalue weighted by atomic mass is 10.1. The molecule has 31 heavy (non-hydrogen) atoms. The number of halogens is 2. The summed E-state index contributed by atoms with van der Waals surface area (Å²) in [5.74, 6) is -1.52. The summed E-state index contributed by atoms with van der Waals surface area (Å²) in [6, 6.07) is 2.82. The number of carbonyl (C=O) groups excluding carboxylic acids is 1. The standard InChI is InChI=1S/C19H23BrFN3O6S/c1-19(31(2,27)28,18(26)23-30-14-5-3-4-10-29-14)8-9-24-11-22-16-12(17(24)25)6-7-13(20)15(16)21/h6-7,11,14H,3-5,8-10H2,1-2H3,(H,23,26). The van der Waals surface area contributed by atoms with Gasteiger partial charge in [-0.15, -0.1) is 0 Å². The van der Waals surface area contributed by atoms with Crippen molar-refractivity contribution in [2.24, 2.45) is 0 Å². The maximum atomic E-state index is 14.2. The average Bonchev–Trinajstić information content (AvgIpc) is 2.73. The molecule has 0 aliphatic carbocycles. The summed E-state index contributed by atoms with van der Waals surface area (Å²) in [5.41, 5.74) is 1.55. The average molecular weight is 520 g/mol. The molecule has 2 atom stereocenters. The Bertz CT molecular complexity index is 1150. The van der Waals surface area contributed by atoms with Crippen LogP contribution in [-0.2, 0) is 30.8 Å². The van der Waals surface area contributed by atoms with Gasteiger partial charge in [-0.2, -0.15) is 0 Å². The predicted octanol–water partition coefficient (Wildman–Crippen LogP) is 2.07. The van der Waals surface area contributed by atoms with Crippen molar-refractivity contribution >= 4 is 42.6 Å². The van der Waals surface area contributed by atoms with Crippen molar-refractivity contribution in [3.63, 3.8) is 0 Å². The van der Waals surface area contributed by atoms with E-state index in [1.807, 2.05) is 0 Å². The van der Waals surface area contributed by atoms with Crippen LogP contribution < -0.4 is 11.0 Å². The van der Waals surface area contributed by atoms with Gasteiger partial charge in [0.25, 0.3) is 11.5 Å². The van der Waals surface area contributed by atoms with Crippen molar-refractivity contribution in [3.05, 3.63) is 39.1 Å². The number of ether oxygens (including phenoxy) is 1. The number of rotatable bonds is 7. The second kappa shape index (κ2) is 9.31. The third-order valence-electron chi connectivity index (χ3n) is 5.44. The van der Waals surface area contributed by atoms with Crippen LogP contribution >= 0.6 is 15.9 Å². The van der Waals surface area contributed by atoms with Gasteiger partial charge in [-0.1, -0.05) is 0 Å². The van der Waals surface area contributed by atoms with Gasteiger partial charge in [0.05, 0.1) is 16.2 Å². The highest BCUT2D eigenvalue weighted by molar-refractivity contribution is 9.10. The van der Waals surface area contributed by atoms with Crippen LogP contribution in [0.2, 0.25) is 0 Å². The van der Waals surface area contributed by atoms with Gasteiger partial charge >= 0.3 is 0 Å². The van der Waals surface area contributed by atoms with Crippen LogP contribution in [0.5, 0.6) is 0 Å². The maximum absolute atomic E-state index is 14.2. The summed E-state index contributed by atoms with van der Waals surface area (Å²) in [7, 11) is -3.89. The van der Waals surface area contributed by atoms with E-state index in [-0.39, 0.29) is 28.3 Å². The maximum Gasteiger partial charge on any atom is 0.264 e. The van der Waals surface area contributed by atoms with E-state index in [9.17, 15) is 22.4 Å². The van der Waals surface area contributed by atoms with E-state index >= 15 is 0 Å². The predicted molar refractivity (Wildman–Crippen MR) is 114 cm³/mol. The molecular weight excluding hydrogens is 497 g/mol. The molecule has 9 nitrogen and oxygen atoms in total. The number of amides is 1. The molecule has 1 aromatic carbocycles. The zero-order chi connectivity index (χ0) is 22.8. The number of nitrogens with one attached hydrogen (secondary N) is 1. The van der Waals surface area contributed by atoms with Crippen molar-refractivity contribution in [3.8, 4) is 0 Å². The van der Waals surface area contributed by atoms with Gasteiger partial charge in [-0.25, -0.2) is 28.1 Å². The van der Waals surface area contributed by atoms with Gasteiger partial charge < -0.3 is 4.74 Å². The van der Waals surface area contributed by atoms with E-state index < -0.39 is 38.2 Å². The van der Waals surface area contributed by atoms with E-state index in [0.717, 1.165) is 30.0 Å². The molecule has 2 heterocycles. The molecule has 1 aliphatic rings. The molecule has 1 aliphatic heterocycles. The smallest absolute Gasteiger partial charge is 0.264 e. The number of aromatic nitrogens is 2. The highest BCUT2D eigenvalue weighted by Crippen LogP contribution is 2.24. The van der Waals surface area contributed by atoms with E-state index in [0.29, 0.717) is 13.0 Å². The molecule has 0 radical (unpaired) electrons. The Morgan fingerprint density at radius 2 is 2.19 bits per heavy atom. The fraction of sp³-hybridized carbons (Fsp3) is 0.526. The highest BCUT2D eigenvalue weighted by Gasteiger charge is 2.44. The number of sulfone groups is 1. The van der Waals surface area contributed by atoms with Crippen LogP contribution in [0.25, 0.3) is 10.9 Å². The van der Waals surface area contributed by atoms with E-state index in [4.69, 9.17) is 9.57 Å². The van der Waals surface area contributed by atoms with E-state index in [1.54, 1.807) is 0 Å². The number of benzene rings is 1. The number of fused-ring (bicyclic) bond motifs is 1. The molecule has 170 valence electrons. The Hall–Kier alpha value is -1.89. The molecule has 2 unspecified atom stereocenters. The summed E-state index contributed by atoms with van der Waals surface area (Å²) in [6.45, 7) is 1.63. The third kappa shape index (κ3) is 4.97. The third-order valence-corrected chi connectivity index (χ3v) is 8.07. The quantitative estimate of drug-likeness (QED) is 0.556. The highest BCUT2D eigenvalue weighted by atomic mass is 79.9. The summed E-state index contributed by atoms with van der Waals surface area (Å²) in [4.78, 5) is 34.6. The lowest BCUT2D eigenvalue weighted by Crippen LogP contribution is -2.51. The number of hydrogen-bond acceptors (Lipinski definition) is 7. The SMILES string of the molecule is CC(CCn1cnc2c(F)c(Br)ccc2c1=O)(C(=O)NOC1CCCCO1)S(C)(=O)=O. The van der Waals surface area contributed by atoms with Crippen LogP contribution in [0.15, 0.2) is 27.7 Å². The first kappa shape index (κ1) is 23.8. The Morgan fingerprint density at radius 3 is 2.84 bits per heavy atom. The molecule has 1 amide bonds. The number of aryl methyl sites for hydroxylation is 1. The van der Waals surface area contributed by atoms with Crippen LogP contribution in [0.1, 0.15) is 32.6 Å². The van der Waals surface area contributed by atoms with E-state index in [2.05, 4.69) is 26.4 Å². The largest absolute Gasteiger partial charge is 0.350 e. The lowest BCUT2D eigenvalue weighted by Gasteiger charge is -2.28. The van der Waals surface area contributed by atoms with Crippen LogP contribution in [0.4, 0.5) is 4.39 Å². The molecule has 2 aromatic rings. The molecular formula is C19H23BrFN3O6S. The van der Waals surface area contributed by atoms with Gasteiger partial charge in [0.1, 0.15) is 5.52 Å². The second-order valence-corrected chi connectivity index (χ2v) is 10.9. The first-order valence-corrected chi connectivity index (χ1v) is 12.3. The normalized spacial score (nSPS) is 19.2. The molecule has 0 spiro atoms. The number of nitrogens with zero attached hydrogens (tertiary/aromatic N) is 2. The monoisotopic (exact) mass is 519 g/mol. The zero-order valence-corrected chi connectivity index (χ0v) is 19.5. The van der Waals surface area contributed by atoms with Crippen LogP contribution in [-0.4, -0.2) is 47.8 Å². The molecule has 1 fully saturated rings. The van der Waals surface area contributed by atoms with Crippen LogP contribution in [0, 0.1) is 5.82 Å². The minimum Gasteiger partial charge on any atom is -0.350 e. The van der Waals surface area contributed by atoms with Gasteiger partial charge in [0.2, 0.25) is 0 Å². The first-order chi connectivity index (χ1) is 14.5. The summed E-state index contributed by atoms with van der Waals surface area (Å²) in [5, 5.41) is 0.0477. The second-order valence-electron chi connectivity index (χ2n) is 7.60. The fourth-order valence-corrected chi connectivity index (χ4v) is 4.33. The summed E-state index contributed by atoms with van der Waals surface area (Å²) >= 11 is 3.04. The van der Waals surface area contributed by atoms with E-state index in [1.165, 1.54) is 19.1 Å². The zero-order valence-electron chi connectivity index (χ0n) is 17.1. The summed E-state index contributed by atoms with van der Waals surface area (Å²) < 4.78 is 43.9. The Morgan fingerprint density at radius 1 is 1.45 bits per heavy atom. The Balaban J connectivity index is 1.80. The minimum absolute atomic E-state index is 0.0477. The van der Waals surface area contributed by atoms with Crippen molar-refractivity contribution in [2.45, 2.75) is 50.2 Å². The molecule has 0 saturated carbocycles. The Kier molecular flexibility index (Phi) is 7.14. The van der Waals surface area contributed by atoms with Crippen molar-refractivity contribution < 1.29 is 27.2 Å². The van der Waals surface area contributed by atoms with Gasteiger partial charge in [0, 0.05) is 25.8 Å².